The van der Waals surface area contributed by atoms with Crippen LogP contribution in [-0.2, 0) is 19.0 Å². The summed E-state index contributed by atoms with van der Waals surface area (Å²) in [7, 11) is 0. The van der Waals surface area contributed by atoms with Crippen molar-refractivity contribution in [3.05, 3.63) is 12.2 Å². The summed E-state index contributed by atoms with van der Waals surface area (Å²) in [6.45, 7) is 15.7. The molecule has 1 aliphatic heterocycles. The summed E-state index contributed by atoms with van der Waals surface area (Å²) in [5, 5.41) is 0. The van der Waals surface area contributed by atoms with Gasteiger partial charge in [-0.15, -0.1) is 0 Å². The SMILES string of the molecule is CC1(C)C[C@]23C=CCC[C@]12CC[C@H]1[C@H]2CC[C@H]([C@@H]4COC(=O)C4)[C@@]2(C)CC[C@@H]13.CCOC(C)OCC. The number of esters is 1. The van der Waals surface area contributed by atoms with Crippen LogP contribution in [0, 0.1) is 51.2 Å². The van der Waals surface area contributed by atoms with E-state index in [-0.39, 0.29) is 12.3 Å². The zero-order valence-corrected chi connectivity index (χ0v) is 23.9. The van der Waals surface area contributed by atoms with Crippen molar-refractivity contribution < 1.29 is 19.0 Å². The monoisotopic (exact) mass is 500 g/mol. The van der Waals surface area contributed by atoms with E-state index in [1.165, 1.54) is 57.8 Å². The summed E-state index contributed by atoms with van der Waals surface area (Å²) >= 11 is 0. The van der Waals surface area contributed by atoms with Gasteiger partial charge in [0.05, 0.1) is 13.0 Å². The Labute approximate surface area is 220 Å². The Hall–Kier alpha value is -0.870. The molecule has 0 N–H and O–H groups in total. The lowest BCUT2D eigenvalue weighted by atomic mass is 9.26. The number of carbonyl (C=O) groups is 1. The maximum absolute atomic E-state index is 11.8. The molecule has 4 heteroatoms. The third kappa shape index (κ3) is 3.86. The first-order chi connectivity index (χ1) is 17.1. The summed E-state index contributed by atoms with van der Waals surface area (Å²) in [5.74, 6) is 4.00. The van der Waals surface area contributed by atoms with Gasteiger partial charge in [-0.05, 0) is 124 Å². The van der Waals surface area contributed by atoms with Gasteiger partial charge in [-0.1, -0.05) is 32.9 Å². The first-order valence-corrected chi connectivity index (χ1v) is 15.2. The third-order valence-corrected chi connectivity index (χ3v) is 12.4. The molecule has 5 fully saturated rings. The molecule has 0 bridgehead atoms. The van der Waals surface area contributed by atoms with Crippen LogP contribution >= 0.6 is 0 Å². The molecule has 204 valence electrons. The second-order valence-electron chi connectivity index (χ2n) is 13.9. The van der Waals surface area contributed by atoms with Gasteiger partial charge in [-0.3, -0.25) is 4.79 Å². The van der Waals surface area contributed by atoms with Gasteiger partial charge in [0.1, 0.15) is 0 Å². The van der Waals surface area contributed by atoms with Gasteiger partial charge in [0.25, 0.3) is 0 Å². The molecule has 0 amide bonds. The fourth-order valence-electron chi connectivity index (χ4n) is 11.2. The van der Waals surface area contributed by atoms with Crippen LogP contribution in [0.15, 0.2) is 12.2 Å². The van der Waals surface area contributed by atoms with Gasteiger partial charge in [-0.2, -0.15) is 0 Å². The Morgan fingerprint density at radius 1 is 0.972 bits per heavy atom. The third-order valence-electron chi connectivity index (χ3n) is 12.4. The molecule has 4 nitrogen and oxygen atoms in total. The molecule has 5 aliphatic carbocycles. The van der Waals surface area contributed by atoms with Crippen LogP contribution in [0.3, 0.4) is 0 Å². The molecule has 6 rings (SSSR count). The van der Waals surface area contributed by atoms with Crippen molar-refractivity contribution in [1.29, 1.82) is 0 Å². The molecule has 8 atom stereocenters. The lowest BCUT2D eigenvalue weighted by Gasteiger charge is -2.77. The maximum atomic E-state index is 11.8. The molecular weight excluding hydrogens is 448 g/mol. The van der Waals surface area contributed by atoms with E-state index in [1.807, 2.05) is 20.8 Å². The van der Waals surface area contributed by atoms with E-state index in [1.54, 1.807) is 0 Å². The largest absolute Gasteiger partial charge is 0.465 e. The van der Waals surface area contributed by atoms with E-state index < -0.39 is 0 Å². The van der Waals surface area contributed by atoms with Gasteiger partial charge < -0.3 is 14.2 Å². The molecule has 4 saturated carbocycles. The predicted octanol–water partition coefficient (Wildman–Crippen LogP) is 7.56. The van der Waals surface area contributed by atoms with Crippen LogP contribution in [0.25, 0.3) is 0 Å². The van der Waals surface area contributed by atoms with Gasteiger partial charge >= 0.3 is 5.97 Å². The average molecular weight is 501 g/mol. The lowest BCUT2D eigenvalue weighted by Crippen LogP contribution is -2.70. The first-order valence-electron chi connectivity index (χ1n) is 15.2. The topological polar surface area (TPSA) is 44.8 Å². The molecule has 36 heavy (non-hydrogen) atoms. The number of allylic oxidation sites excluding steroid dienone is 2. The Kier molecular flexibility index (Phi) is 7.20. The Bertz CT molecular complexity index is 843. The normalized spacial score (nSPS) is 46.0. The highest BCUT2D eigenvalue weighted by atomic mass is 16.7. The highest BCUT2D eigenvalue weighted by Gasteiger charge is 2.74. The first kappa shape index (κ1) is 26.7. The highest BCUT2D eigenvalue weighted by Crippen LogP contribution is 2.82. The van der Waals surface area contributed by atoms with E-state index >= 15 is 0 Å². The van der Waals surface area contributed by atoms with Crippen molar-refractivity contribution in [1.82, 2.24) is 0 Å². The number of rotatable bonds is 5. The molecule has 1 saturated heterocycles. The smallest absolute Gasteiger partial charge is 0.306 e. The quantitative estimate of drug-likeness (QED) is 0.222. The zero-order chi connectivity index (χ0) is 25.8. The number of hydrogen-bond acceptors (Lipinski definition) is 4. The molecule has 0 aromatic heterocycles. The van der Waals surface area contributed by atoms with E-state index in [9.17, 15) is 4.79 Å². The number of carbonyl (C=O) groups excluding carboxylic acids is 1. The standard InChI is InChI=1S/C26H38O2.C6H14O2/c1-23(2)16-25-10-4-5-11-26(23,25)13-8-18-20-7-6-19(17-14-22(27)28-15-17)24(20,3)12-9-21(18)25;1-4-7-6(3)8-5-2/h4,10,17-21H,5-9,11-16H2,1-3H3;6H,4-5H2,1-3H3/t17-,18-,19+,20+,21-,24+,25-,26-;/m0./s1. The van der Waals surface area contributed by atoms with E-state index in [0.717, 1.165) is 31.0 Å². The van der Waals surface area contributed by atoms with Gasteiger partial charge in [0.2, 0.25) is 0 Å². The van der Waals surface area contributed by atoms with E-state index in [0.29, 0.717) is 46.5 Å². The van der Waals surface area contributed by atoms with Crippen molar-refractivity contribution in [3.63, 3.8) is 0 Å². The van der Waals surface area contributed by atoms with Crippen LogP contribution in [0.5, 0.6) is 0 Å². The van der Waals surface area contributed by atoms with E-state index in [2.05, 4.69) is 32.9 Å². The Balaban J connectivity index is 0.000000292. The number of ether oxygens (including phenoxy) is 3. The minimum atomic E-state index is -0.0370. The Morgan fingerprint density at radius 3 is 2.33 bits per heavy atom. The number of hydrogen-bond donors (Lipinski definition) is 0. The van der Waals surface area contributed by atoms with Crippen LogP contribution < -0.4 is 0 Å². The predicted molar refractivity (Wildman–Crippen MR) is 143 cm³/mol. The van der Waals surface area contributed by atoms with Crippen LogP contribution in [0.1, 0.15) is 106 Å². The average Bonchev–Trinajstić information content (AvgIpc) is 3.41. The van der Waals surface area contributed by atoms with Crippen LogP contribution in [0.2, 0.25) is 0 Å². The fraction of sp³-hybridized carbons (Fsp3) is 0.906. The second-order valence-corrected chi connectivity index (χ2v) is 13.9. The maximum Gasteiger partial charge on any atom is 0.306 e. The molecule has 0 unspecified atom stereocenters. The highest BCUT2D eigenvalue weighted by molar-refractivity contribution is 5.71. The molecular formula is C32H52O4. The zero-order valence-electron chi connectivity index (χ0n) is 23.9. The second kappa shape index (κ2) is 9.70. The van der Waals surface area contributed by atoms with Gasteiger partial charge in [0.15, 0.2) is 6.29 Å². The number of cyclic esters (lactones) is 1. The minimum absolute atomic E-state index is 0.0370. The Morgan fingerprint density at radius 2 is 1.69 bits per heavy atom. The summed E-state index contributed by atoms with van der Waals surface area (Å²) in [6.07, 6.45) is 18.6. The van der Waals surface area contributed by atoms with Crippen molar-refractivity contribution in [2.75, 3.05) is 19.8 Å². The van der Waals surface area contributed by atoms with Gasteiger partial charge in [0, 0.05) is 19.1 Å². The molecule has 0 aromatic rings. The fourth-order valence-corrected chi connectivity index (χ4v) is 11.2. The number of fused-ring (bicyclic) bond motifs is 3. The van der Waals surface area contributed by atoms with Crippen LogP contribution in [0.4, 0.5) is 0 Å². The molecule has 0 spiro atoms. The van der Waals surface area contributed by atoms with Crippen molar-refractivity contribution in [2.45, 2.75) is 112 Å². The van der Waals surface area contributed by atoms with Crippen molar-refractivity contribution in [3.8, 4) is 0 Å². The van der Waals surface area contributed by atoms with Crippen molar-refractivity contribution >= 4 is 5.97 Å². The van der Waals surface area contributed by atoms with Crippen LogP contribution in [-0.4, -0.2) is 32.1 Å². The summed E-state index contributed by atoms with van der Waals surface area (Å²) in [4.78, 5) is 11.8. The molecule has 0 radical (unpaired) electrons. The molecule has 0 aromatic carbocycles. The summed E-state index contributed by atoms with van der Waals surface area (Å²) in [5.41, 5.74) is 2.09. The van der Waals surface area contributed by atoms with E-state index in [4.69, 9.17) is 14.2 Å². The molecule has 1 heterocycles. The minimum Gasteiger partial charge on any atom is -0.465 e. The summed E-state index contributed by atoms with van der Waals surface area (Å²) in [6, 6.07) is 0. The van der Waals surface area contributed by atoms with Crippen molar-refractivity contribution in [2.24, 2.45) is 51.2 Å². The van der Waals surface area contributed by atoms with Gasteiger partial charge in [-0.25, -0.2) is 0 Å². The summed E-state index contributed by atoms with van der Waals surface area (Å²) < 4.78 is 15.5. The lowest BCUT2D eigenvalue weighted by molar-refractivity contribution is -0.266. The molecule has 6 aliphatic rings.